The summed E-state index contributed by atoms with van der Waals surface area (Å²) in [5, 5.41) is 6.42. The van der Waals surface area contributed by atoms with Gasteiger partial charge in [-0.25, -0.2) is 14.8 Å². The van der Waals surface area contributed by atoms with Crippen LogP contribution in [0.1, 0.15) is 44.1 Å². The minimum atomic E-state index is -0.273. The molecule has 1 heterocycles. The van der Waals surface area contributed by atoms with Crippen LogP contribution in [0.25, 0.3) is 0 Å². The number of carbonyl (C=O) groups is 1. The molecule has 1 aliphatic rings. The van der Waals surface area contributed by atoms with Crippen molar-refractivity contribution in [3.63, 3.8) is 0 Å². The maximum atomic E-state index is 12.3. The van der Waals surface area contributed by atoms with Crippen molar-refractivity contribution in [1.29, 1.82) is 0 Å². The third kappa shape index (κ3) is 5.59. The summed E-state index contributed by atoms with van der Waals surface area (Å²) < 4.78 is 5.71. The molecule has 0 spiro atoms. The average molecular weight is 375 g/mol. The van der Waals surface area contributed by atoms with Crippen LogP contribution >= 0.6 is 11.6 Å². The van der Waals surface area contributed by atoms with Crippen LogP contribution in [0.4, 0.5) is 10.6 Å². The van der Waals surface area contributed by atoms with Gasteiger partial charge in [0.05, 0.1) is 0 Å². The lowest BCUT2D eigenvalue weighted by molar-refractivity contribution is 0.246. The second-order valence-electron chi connectivity index (χ2n) is 6.42. The lowest BCUT2D eigenvalue weighted by atomic mass is 10.1. The largest absolute Gasteiger partial charge is 0.470 e. The molecule has 3 rings (SSSR count). The lowest BCUT2D eigenvalue weighted by Gasteiger charge is -2.17. The number of hydrogen-bond donors (Lipinski definition) is 2. The predicted octanol–water partition coefficient (Wildman–Crippen LogP) is 4.55. The molecule has 2 amide bonds. The first-order chi connectivity index (χ1) is 12.7. The molecular formula is C19H23ClN4O2. The van der Waals surface area contributed by atoms with Gasteiger partial charge in [0.15, 0.2) is 5.82 Å². The molecule has 0 unspecified atom stereocenters. The number of nitrogens with zero attached hydrogens (tertiary/aromatic N) is 2. The zero-order valence-corrected chi connectivity index (χ0v) is 15.3. The highest BCUT2D eigenvalue weighted by Gasteiger charge is 2.16. The molecule has 0 aliphatic heterocycles. The molecule has 1 aromatic carbocycles. The van der Waals surface area contributed by atoms with Crippen LogP contribution in [0.5, 0.6) is 5.88 Å². The van der Waals surface area contributed by atoms with Crippen molar-refractivity contribution >= 4 is 23.4 Å². The highest BCUT2D eigenvalue weighted by atomic mass is 35.5. The molecule has 2 N–H and O–H groups in total. The summed E-state index contributed by atoms with van der Waals surface area (Å²) in [4.78, 5) is 20.6. The zero-order valence-electron chi connectivity index (χ0n) is 14.6. The first-order valence-electron chi connectivity index (χ1n) is 8.96. The maximum absolute atomic E-state index is 12.3. The van der Waals surface area contributed by atoms with Gasteiger partial charge in [-0.2, -0.15) is 0 Å². The van der Waals surface area contributed by atoms with Gasteiger partial charge < -0.3 is 10.1 Å². The number of halogens is 1. The zero-order chi connectivity index (χ0) is 18.2. The van der Waals surface area contributed by atoms with Gasteiger partial charge in [0, 0.05) is 23.5 Å². The van der Waals surface area contributed by atoms with Gasteiger partial charge in [0.1, 0.15) is 6.61 Å². The Morgan fingerprint density at radius 3 is 2.69 bits per heavy atom. The third-order valence-electron chi connectivity index (χ3n) is 4.35. The second kappa shape index (κ2) is 9.38. The molecule has 6 nitrogen and oxygen atoms in total. The van der Waals surface area contributed by atoms with E-state index in [-0.39, 0.29) is 24.6 Å². The van der Waals surface area contributed by atoms with Crippen molar-refractivity contribution in [3.05, 3.63) is 47.2 Å². The van der Waals surface area contributed by atoms with E-state index in [2.05, 4.69) is 20.6 Å². The van der Waals surface area contributed by atoms with Crippen molar-refractivity contribution < 1.29 is 9.53 Å². The van der Waals surface area contributed by atoms with Gasteiger partial charge >= 0.3 is 6.03 Å². The quantitative estimate of drug-likeness (QED) is 0.752. The molecule has 138 valence electrons. The van der Waals surface area contributed by atoms with E-state index in [1.807, 2.05) is 18.2 Å². The summed E-state index contributed by atoms with van der Waals surface area (Å²) in [5.41, 5.74) is 0.914. The molecule has 1 saturated carbocycles. The van der Waals surface area contributed by atoms with Crippen molar-refractivity contribution in [2.24, 2.45) is 0 Å². The molecule has 2 aromatic rings. The fourth-order valence-electron chi connectivity index (χ4n) is 3.05. The van der Waals surface area contributed by atoms with Gasteiger partial charge in [-0.3, -0.25) is 5.32 Å². The predicted molar refractivity (Wildman–Crippen MR) is 101 cm³/mol. The first kappa shape index (κ1) is 18.5. The van der Waals surface area contributed by atoms with Crippen LogP contribution in [0.15, 0.2) is 36.7 Å². The normalized spacial score (nSPS) is 15.1. The van der Waals surface area contributed by atoms with Gasteiger partial charge in [0.2, 0.25) is 0 Å². The van der Waals surface area contributed by atoms with Gasteiger partial charge in [-0.05, 0) is 30.5 Å². The maximum Gasteiger partial charge on any atom is 0.320 e. The third-order valence-corrected chi connectivity index (χ3v) is 4.59. The molecule has 0 radical (unpaired) electrons. The van der Waals surface area contributed by atoms with Crippen LogP contribution in [-0.2, 0) is 6.61 Å². The number of urea groups is 1. The number of hydrogen-bond acceptors (Lipinski definition) is 4. The fraction of sp³-hybridized carbons (Fsp3) is 0.421. The Balaban J connectivity index is 1.58. The van der Waals surface area contributed by atoms with Crippen molar-refractivity contribution in [2.75, 3.05) is 5.32 Å². The number of rotatable bonds is 5. The number of nitrogens with one attached hydrogen (secondary N) is 2. The number of carbonyl (C=O) groups excluding carboxylic acids is 1. The molecule has 26 heavy (non-hydrogen) atoms. The fourth-order valence-corrected chi connectivity index (χ4v) is 3.26. The van der Waals surface area contributed by atoms with E-state index in [9.17, 15) is 4.79 Å². The Hall–Kier alpha value is -2.34. The Bertz CT molecular complexity index is 733. The first-order valence-corrected chi connectivity index (χ1v) is 9.34. The van der Waals surface area contributed by atoms with E-state index in [1.165, 1.54) is 25.2 Å². The smallest absolute Gasteiger partial charge is 0.320 e. The summed E-state index contributed by atoms with van der Waals surface area (Å²) in [6.45, 7) is 0.290. The van der Waals surface area contributed by atoms with Gasteiger partial charge in [0.25, 0.3) is 5.88 Å². The van der Waals surface area contributed by atoms with E-state index in [0.717, 1.165) is 31.2 Å². The summed E-state index contributed by atoms with van der Waals surface area (Å²) >= 11 is 5.98. The molecule has 1 aromatic heterocycles. The van der Waals surface area contributed by atoms with Crippen molar-refractivity contribution in [2.45, 2.75) is 51.2 Å². The average Bonchev–Trinajstić information content (AvgIpc) is 2.89. The molecule has 0 atom stereocenters. The number of amides is 2. The van der Waals surface area contributed by atoms with Crippen molar-refractivity contribution in [3.8, 4) is 5.88 Å². The topological polar surface area (TPSA) is 76.1 Å². The minimum Gasteiger partial charge on any atom is -0.470 e. The molecular weight excluding hydrogens is 352 g/mol. The molecule has 0 bridgehead atoms. The molecule has 7 heteroatoms. The minimum absolute atomic E-state index is 0.213. The second-order valence-corrected chi connectivity index (χ2v) is 6.85. The summed E-state index contributed by atoms with van der Waals surface area (Å²) in [6.07, 6.45) is 9.89. The number of ether oxygens (including phenoxy) is 1. The molecule has 1 fully saturated rings. The van der Waals surface area contributed by atoms with E-state index >= 15 is 0 Å². The Morgan fingerprint density at radius 1 is 1.15 bits per heavy atom. The lowest BCUT2D eigenvalue weighted by Crippen LogP contribution is -2.37. The number of aromatic nitrogens is 2. The highest BCUT2D eigenvalue weighted by molar-refractivity contribution is 6.30. The van der Waals surface area contributed by atoms with Gasteiger partial charge in [-0.15, -0.1) is 0 Å². The van der Waals surface area contributed by atoms with E-state index in [1.54, 1.807) is 6.07 Å². The number of anilines is 1. The molecule has 0 saturated heterocycles. The van der Waals surface area contributed by atoms with Crippen LogP contribution in [0.2, 0.25) is 5.02 Å². The van der Waals surface area contributed by atoms with Crippen LogP contribution < -0.4 is 15.4 Å². The van der Waals surface area contributed by atoms with Crippen LogP contribution in [-0.4, -0.2) is 22.0 Å². The van der Waals surface area contributed by atoms with Gasteiger partial charge in [-0.1, -0.05) is 49.4 Å². The Kier molecular flexibility index (Phi) is 6.66. The summed E-state index contributed by atoms with van der Waals surface area (Å²) in [5.74, 6) is 0.587. The monoisotopic (exact) mass is 374 g/mol. The van der Waals surface area contributed by atoms with E-state index in [0.29, 0.717) is 10.8 Å². The Labute approximate surface area is 158 Å². The Morgan fingerprint density at radius 2 is 1.92 bits per heavy atom. The summed E-state index contributed by atoms with van der Waals surface area (Å²) in [7, 11) is 0. The van der Waals surface area contributed by atoms with E-state index in [4.69, 9.17) is 16.3 Å². The molecule has 1 aliphatic carbocycles. The highest BCUT2D eigenvalue weighted by Crippen LogP contribution is 2.21. The number of benzene rings is 1. The summed E-state index contributed by atoms with van der Waals surface area (Å²) in [6, 6.07) is 7.34. The standard InChI is InChI=1S/C19H23ClN4O2/c20-15-7-5-6-14(12-15)13-26-18-17(21-10-11-22-18)24-19(25)23-16-8-3-1-2-4-9-16/h5-7,10-12,16H,1-4,8-9,13H2,(H2,21,23,24,25). The van der Waals surface area contributed by atoms with Crippen molar-refractivity contribution in [1.82, 2.24) is 15.3 Å². The van der Waals surface area contributed by atoms with E-state index < -0.39 is 0 Å². The van der Waals surface area contributed by atoms with Crippen LogP contribution in [0.3, 0.4) is 0 Å². The van der Waals surface area contributed by atoms with Crippen LogP contribution in [0, 0.1) is 0 Å². The SMILES string of the molecule is O=C(Nc1nccnc1OCc1cccc(Cl)c1)NC1CCCCCC1.